The molecule has 1 aromatic rings. The Kier molecular flexibility index (Phi) is 3.11. The summed E-state index contributed by atoms with van der Waals surface area (Å²) in [5.41, 5.74) is 0.442. The van der Waals surface area contributed by atoms with Gasteiger partial charge < -0.3 is 5.32 Å². The summed E-state index contributed by atoms with van der Waals surface area (Å²) in [5.74, 6) is 0.492. The average molecular weight is 334 g/mol. The average Bonchev–Trinajstić information content (AvgIpc) is 2.81. The molecule has 15 heavy (non-hydrogen) atoms. The fourth-order valence-electron chi connectivity index (χ4n) is 1.34. The fourth-order valence-corrected chi connectivity index (χ4v) is 2.51. The first-order valence-electron chi connectivity index (χ1n) is 4.70. The van der Waals surface area contributed by atoms with Crippen LogP contribution in [0.2, 0.25) is 0 Å². The highest BCUT2D eigenvalue weighted by Crippen LogP contribution is 2.29. The van der Waals surface area contributed by atoms with E-state index in [1.165, 1.54) is 0 Å². The van der Waals surface area contributed by atoms with E-state index in [0.717, 1.165) is 10.9 Å². The second kappa shape index (κ2) is 4.22. The molecular weight excluding hydrogens is 324 g/mol. The number of halogens is 2. The van der Waals surface area contributed by atoms with E-state index in [2.05, 4.69) is 49.1 Å². The molecule has 0 radical (unpaired) electrons. The van der Waals surface area contributed by atoms with Crippen molar-refractivity contribution in [1.82, 2.24) is 10.3 Å². The first kappa shape index (κ1) is 11.1. The van der Waals surface area contributed by atoms with Crippen molar-refractivity contribution in [3.63, 3.8) is 0 Å². The predicted molar refractivity (Wildman–Crippen MR) is 64.7 cm³/mol. The van der Waals surface area contributed by atoms with Crippen LogP contribution in [0.3, 0.4) is 0 Å². The third-order valence-electron chi connectivity index (χ3n) is 2.45. The zero-order valence-electron chi connectivity index (χ0n) is 8.13. The Morgan fingerprint density at radius 3 is 2.80 bits per heavy atom. The van der Waals surface area contributed by atoms with Gasteiger partial charge in [-0.3, -0.25) is 4.79 Å². The summed E-state index contributed by atoms with van der Waals surface area (Å²) in [6, 6.07) is 2.15. The summed E-state index contributed by atoms with van der Waals surface area (Å²) in [4.78, 5) is 15.8. The standard InChI is InChI=1S/C10H10Br2N2O/c1-5-2-8(5)14-10(15)9-7(12)3-6(11)4-13-9/h3-5,8H,2H2,1H3,(H,14,15)/t5-,8-/m0/s1. The van der Waals surface area contributed by atoms with Gasteiger partial charge in [0.15, 0.2) is 0 Å². The van der Waals surface area contributed by atoms with Crippen LogP contribution < -0.4 is 5.32 Å². The van der Waals surface area contributed by atoms with Gasteiger partial charge in [0.2, 0.25) is 0 Å². The molecule has 5 heteroatoms. The Labute approximate surface area is 105 Å². The molecule has 0 spiro atoms. The lowest BCUT2D eigenvalue weighted by Gasteiger charge is -2.05. The van der Waals surface area contributed by atoms with Crippen LogP contribution in [0.5, 0.6) is 0 Å². The molecule has 1 heterocycles. The number of hydrogen-bond donors (Lipinski definition) is 1. The minimum Gasteiger partial charge on any atom is -0.348 e. The van der Waals surface area contributed by atoms with Gasteiger partial charge >= 0.3 is 0 Å². The SMILES string of the molecule is C[C@H]1C[C@@H]1NC(=O)c1ncc(Br)cc1Br. The van der Waals surface area contributed by atoms with Crippen LogP contribution >= 0.6 is 31.9 Å². The van der Waals surface area contributed by atoms with Gasteiger partial charge in [-0.25, -0.2) is 4.98 Å². The Bertz CT molecular complexity index is 408. The van der Waals surface area contributed by atoms with E-state index in [4.69, 9.17) is 0 Å². The van der Waals surface area contributed by atoms with Gasteiger partial charge in [0, 0.05) is 16.7 Å². The molecule has 1 N–H and O–H groups in total. The van der Waals surface area contributed by atoms with E-state index in [-0.39, 0.29) is 5.91 Å². The van der Waals surface area contributed by atoms with Crippen molar-refractivity contribution >= 4 is 37.8 Å². The van der Waals surface area contributed by atoms with Crippen LogP contribution in [-0.2, 0) is 0 Å². The first-order valence-corrected chi connectivity index (χ1v) is 6.28. The van der Waals surface area contributed by atoms with Crippen molar-refractivity contribution < 1.29 is 4.79 Å². The lowest BCUT2D eigenvalue weighted by molar-refractivity contribution is 0.0943. The molecule has 1 fully saturated rings. The number of carbonyl (C=O) groups excluding carboxylic acids is 1. The normalized spacial score (nSPS) is 23.7. The van der Waals surface area contributed by atoms with E-state index < -0.39 is 0 Å². The molecule has 1 aliphatic rings. The van der Waals surface area contributed by atoms with Crippen molar-refractivity contribution in [2.75, 3.05) is 0 Å². The van der Waals surface area contributed by atoms with Gasteiger partial charge in [0.1, 0.15) is 5.69 Å². The van der Waals surface area contributed by atoms with E-state index in [9.17, 15) is 4.79 Å². The van der Waals surface area contributed by atoms with E-state index in [0.29, 0.717) is 22.1 Å². The molecule has 3 nitrogen and oxygen atoms in total. The maximum absolute atomic E-state index is 11.8. The molecule has 1 aliphatic carbocycles. The Morgan fingerprint density at radius 1 is 1.60 bits per heavy atom. The highest BCUT2D eigenvalue weighted by molar-refractivity contribution is 9.11. The summed E-state index contributed by atoms with van der Waals surface area (Å²) in [7, 11) is 0. The third-order valence-corrected chi connectivity index (χ3v) is 3.49. The minimum absolute atomic E-state index is 0.108. The van der Waals surface area contributed by atoms with Crippen LogP contribution in [0.25, 0.3) is 0 Å². The van der Waals surface area contributed by atoms with Crippen LogP contribution in [0.1, 0.15) is 23.8 Å². The molecule has 0 bridgehead atoms. The molecule has 0 aliphatic heterocycles. The fraction of sp³-hybridized carbons (Fsp3) is 0.400. The van der Waals surface area contributed by atoms with E-state index in [1.54, 1.807) is 6.20 Å². The Balaban J connectivity index is 2.11. The predicted octanol–water partition coefficient (Wildman–Crippen LogP) is 2.74. The molecule has 1 amide bonds. The monoisotopic (exact) mass is 332 g/mol. The number of rotatable bonds is 2. The second-order valence-corrected chi connectivity index (χ2v) is 5.55. The van der Waals surface area contributed by atoms with E-state index in [1.807, 2.05) is 6.07 Å². The molecule has 2 rings (SSSR count). The maximum Gasteiger partial charge on any atom is 0.271 e. The van der Waals surface area contributed by atoms with Gasteiger partial charge in [-0.1, -0.05) is 6.92 Å². The van der Waals surface area contributed by atoms with Gasteiger partial charge in [0.05, 0.1) is 4.47 Å². The van der Waals surface area contributed by atoms with Crippen LogP contribution in [0, 0.1) is 5.92 Å². The second-order valence-electron chi connectivity index (χ2n) is 3.78. The van der Waals surface area contributed by atoms with Crippen molar-refractivity contribution in [1.29, 1.82) is 0 Å². The summed E-state index contributed by atoms with van der Waals surface area (Å²) in [5, 5.41) is 2.93. The summed E-state index contributed by atoms with van der Waals surface area (Å²) >= 11 is 6.61. The molecule has 1 saturated carbocycles. The van der Waals surface area contributed by atoms with Crippen molar-refractivity contribution in [2.24, 2.45) is 5.92 Å². The molecule has 80 valence electrons. The first-order chi connectivity index (χ1) is 7.08. The Morgan fingerprint density at radius 2 is 2.27 bits per heavy atom. The highest BCUT2D eigenvalue weighted by atomic mass is 79.9. The number of hydrogen-bond acceptors (Lipinski definition) is 2. The lowest BCUT2D eigenvalue weighted by Crippen LogP contribution is -2.27. The maximum atomic E-state index is 11.8. The number of carbonyl (C=O) groups is 1. The molecule has 0 unspecified atom stereocenters. The Hall–Kier alpha value is -0.420. The van der Waals surface area contributed by atoms with Crippen molar-refractivity contribution in [3.05, 3.63) is 26.9 Å². The summed E-state index contributed by atoms with van der Waals surface area (Å²) in [6.07, 6.45) is 2.69. The van der Waals surface area contributed by atoms with Gasteiger partial charge in [0.25, 0.3) is 5.91 Å². The summed E-state index contributed by atoms with van der Waals surface area (Å²) in [6.45, 7) is 2.12. The third kappa shape index (κ3) is 2.58. The zero-order valence-corrected chi connectivity index (χ0v) is 11.3. The smallest absolute Gasteiger partial charge is 0.271 e. The van der Waals surface area contributed by atoms with Crippen LogP contribution in [0.4, 0.5) is 0 Å². The number of amides is 1. The number of nitrogens with one attached hydrogen (secondary N) is 1. The molecule has 1 aromatic heterocycles. The molecular formula is C10H10Br2N2O. The number of nitrogens with zero attached hydrogens (tertiary/aromatic N) is 1. The van der Waals surface area contributed by atoms with Gasteiger partial charge in [-0.2, -0.15) is 0 Å². The number of aromatic nitrogens is 1. The molecule has 2 atom stereocenters. The van der Waals surface area contributed by atoms with Crippen LogP contribution in [-0.4, -0.2) is 16.9 Å². The van der Waals surface area contributed by atoms with Crippen LogP contribution in [0.15, 0.2) is 21.2 Å². The van der Waals surface area contributed by atoms with Gasteiger partial charge in [-0.05, 0) is 50.3 Å². The topological polar surface area (TPSA) is 42.0 Å². The number of pyridine rings is 1. The van der Waals surface area contributed by atoms with E-state index >= 15 is 0 Å². The quantitative estimate of drug-likeness (QED) is 0.904. The zero-order chi connectivity index (χ0) is 11.0. The summed E-state index contributed by atoms with van der Waals surface area (Å²) < 4.78 is 1.56. The largest absolute Gasteiger partial charge is 0.348 e. The van der Waals surface area contributed by atoms with Gasteiger partial charge in [-0.15, -0.1) is 0 Å². The van der Waals surface area contributed by atoms with Crippen molar-refractivity contribution in [3.8, 4) is 0 Å². The molecule has 0 aromatic carbocycles. The highest BCUT2D eigenvalue weighted by Gasteiger charge is 2.34. The lowest BCUT2D eigenvalue weighted by atomic mass is 10.3. The minimum atomic E-state index is -0.108. The van der Waals surface area contributed by atoms with Crippen molar-refractivity contribution in [2.45, 2.75) is 19.4 Å². The molecule has 0 saturated heterocycles.